The highest BCUT2D eigenvalue weighted by molar-refractivity contribution is 5.78. The van der Waals surface area contributed by atoms with E-state index in [9.17, 15) is 13.2 Å². The Morgan fingerprint density at radius 3 is 2.87 bits per heavy atom. The quantitative estimate of drug-likeness (QED) is 0.508. The van der Waals surface area contributed by atoms with Crippen molar-refractivity contribution in [1.82, 2.24) is 29.5 Å². The first-order valence-corrected chi connectivity index (χ1v) is 9.81. The number of hydrogen-bond donors (Lipinski definition) is 0. The van der Waals surface area contributed by atoms with Crippen LogP contribution in [0.2, 0.25) is 0 Å². The highest BCUT2D eigenvalue weighted by Crippen LogP contribution is 2.33. The number of fused-ring (bicyclic) bond motifs is 2. The van der Waals surface area contributed by atoms with Gasteiger partial charge in [-0.1, -0.05) is 12.1 Å². The molecule has 1 aliphatic heterocycles. The van der Waals surface area contributed by atoms with Crippen molar-refractivity contribution in [3.63, 3.8) is 0 Å². The first-order chi connectivity index (χ1) is 14.5. The van der Waals surface area contributed by atoms with E-state index in [0.717, 1.165) is 59.3 Å². The van der Waals surface area contributed by atoms with Crippen LogP contribution >= 0.6 is 0 Å². The summed E-state index contributed by atoms with van der Waals surface area (Å²) in [7, 11) is 0. The number of halogens is 3. The average Bonchev–Trinajstić information content (AvgIpc) is 3.21. The monoisotopic (exact) mass is 412 g/mol. The van der Waals surface area contributed by atoms with E-state index in [1.54, 1.807) is 6.20 Å². The second-order valence-corrected chi connectivity index (χ2v) is 7.64. The van der Waals surface area contributed by atoms with Crippen molar-refractivity contribution < 1.29 is 13.2 Å². The zero-order valence-corrected chi connectivity index (χ0v) is 16.0. The maximum absolute atomic E-state index is 13.5. The van der Waals surface area contributed by atoms with E-state index in [4.69, 9.17) is 0 Å². The first kappa shape index (κ1) is 18.9. The maximum Gasteiger partial charge on any atom is 0.433 e. The lowest BCUT2D eigenvalue weighted by Gasteiger charge is -2.32. The van der Waals surface area contributed by atoms with Gasteiger partial charge in [0.2, 0.25) is 0 Å². The van der Waals surface area contributed by atoms with E-state index >= 15 is 0 Å². The number of hydrogen-bond acceptors (Lipinski definition) is 5. The molecule has 1 atom stereocenters. The molecule has 154 valence electrons. The minimum atomic E-state index is -4.52. The number of pyridine rings is 1. The Morgan fingerprint density at radius 2 is 2.00 bits per heavy atom. The molecule has 6 nitrogen and oxygen atoms in total. The van der Waals surface area contributed by atoms with Crippen LogP contribution in [-0.4, -0.2) is 42.6 Å². The van der Waals surface area contributed by atoms with Gasteiger partial charge in [-0.3, -0.25) is 9.88 Å². The van der Waals surface area contributed by atoms with Gasteiger partial charge in [0.1, 0.15) is 6.33 Å². The van der Waals surface area contributed by atoms with Gasteiger partial charge >= 0.3 is 6.18 Å². The van der Waals surface area contributed by atoms with Crippen molar-refractivity contribution in [2.24, 2.45) is 0 Å². The van der Waals surface area contributed by atoms with E-state index in [1.807, 2.05) is 18.2 Å². The molecule has 0 spiro atoms. The molecular formula is C21H19F3N6. The minimum absolute atomic E-state index is 0.0148. The largest absolute Gasteiger partial charge is 0.433 e. The van der Waals surface area contributed by atoms with Crippen LogP contribution < -0.4 is 0 Å². The van der Waals surface area contributed by atoms with Crippen LogP contribution in [-0.2, 0) is 12.7 Å². The molecule has 4 aromatic rings. The fourth-order valence-electron chi connectivity index (χ4n) is 4.16. The Kier molecular flexibility index (Phi) is 4.62. The molecule has 0 bridgehead atoms. The highest BCUT2D eigenvalue weighted by atomic mass is 19.4. The zero-order chi connectivity index (χ0) is 20.7. The molecule has 1 fully saturated rings. The molecule has 0 amide bonds. The molecule has 1 aliphatic rings. The fourth-order valence-corrected chi connectivity index (χ4v) is 4.16. The number of piperidine rings is 1. The lowest BCUT2D eigenvalue weighted by molar-refractivity contribution is -0.142. The van der Waals surface area contributed by atoms with Gasteiger partial charge in [0.05, 0.1) is 11.2 Å². The molecular weight excluding hydrogens is 393 g/mol. The molecule has 0 radical (unpaired) electrons. The fraction of sp³-hybridized carbons (Fsp3) is 0.333. The number of rotatable bonds is 3. The molecule has 1 aromatic carbocycles. The van der Waals surface area contributed by atoms with Gasteiger partial charge in [-0.05, 0) is 49.2 Å². The van der Waals surface area contributed by atoms with Crippen molar-refractivity contribution in [2.75, 3.05) is 13.1 Å². The standard InChI is InChI=1S/C21H19F3N6/c22-21(23,24)19-10-18(28-20-26-13-27-30(19)20)16-4-2-8-29(12-16)11-14-5-6-17-15(9-14)3-1-7-25-17/h1,3,5-7,9-10,13,16H,2,4,8,11-12H2. The number of aromatic nitrogens is 5. The van der Waals surface area contributed by atoms with E-state index in [1.165, 1.54) is 0 Å². The molecule has 5 rings (SSSR count). The van der Waals surface area contributed by atoms with Crippen LogP contribution in [0.15, 0.2) is 48.9 Å². The van der Waals surface area contributed by atoms with Crippen LogP contribution in [0.4, 0.5) is 13.2 Å². The number of alkyl halides is 3. The maximum atomic E-state index is 13.5. The summed E-state index contributed by atoms with van der Waals surface area (Å²) in [6, 6.07) is 11.2. The molecule has 0 saturated carbocycles. The highest BCUT2D eigenvalue weighted by Gasteiger charge is 2.36. The molecule has 0 aliphatic carbocycles. The van der Waals surface area contributed by atoms with Gasteiger partial charge in [0.15, 0.2) is 5.69 Å². The third-order valence-electron chi connectivity index (χ3n) is 5.56. The lowest BCUT2D eigenvalue weighted by Crippen LogP contribution is -2.34. The predicted octanol–water partition coefficient (Wildman–Crippen LogP) is 4.07. The van der Waals surface area contributed by atoms with Crippen LogP contribution in [0, 0.1) is 0 Å². The van der Waals surface area contributed by atoms with Gasteiger partial charge < -0.3 is 0 Å². The Bertz CT molecular complexity index is 1200. The lowest BCUT2D eigenvalue weighted by atomic mass is 9.93. The van der Waals surface area contributed by atoms with E-state index in [2.05, 4.69) is 37.1 Å². The van der Waals surface area contributed by atoms with Crippen LogP contribution in [0.3, 0.4) is 0 Å². The Labute approximate surface area is 170 Å². The summed E-state index contributed by atoms with van der Waals surface area (Å²) >= 11 is 0. The van der Waals surface area contributed by atoms with Gasteiger partial charge in [-0.2, -0.15) is 27.8 Å². The summed E-state index contributed by atoms with van der Waals surface area (Å²) in [6.45, 7) is 2.29. The Hall–Kier alpha value is -3.07. The van der Waals surface area contributed by atoms with Crippen molar-refractivity contribution >= 4 is 16.7 Å². The summed E-state index contributed by atoms with van der Waals surface area (Å²) in [5.74, 6) is -0.0948. The molecule has 4 heterocycles. The predicted molar refractivity (Wildman–Crippen MR) is 105 cm³/mol. The molecule has 0 N–H and O–H groups in total. The van der Waals surface area contributed by atoms with E-state index in [-0.39, 0.29) is 11.7 Å². The second-order valence-electron chi connectivity index (χ2n) is 7.64. The number of nitrogens with zero attached hydrogens (tertiary/aromatic N) is 6. The van der Waals surface area contributed by atoms with Crippen LogP contribution in [0.1, 0.15) is 35.7 Å². The van der Waals surface area contributed by atoms with E-state index in [0.29, 0.717) is 12.2 Å². The van der Waals surface area contributed by atoms with Gasteiger partial charge in [0, 0.05) is 30.6 Å². The molecule has 1 unspecified atom stereocenters. The van der Waals surface area contributed by atoms with Crippen molar-refractivity contribution in [2.45, 2.75) is 31.5 Å². The van der Waals surface area contributed by atoms with Gasteiger partial charge in [0.25, 0.3) is 5.78 Å². The van der Waals surface area contributed by atoms with Crippen molar-refractivity contribution in [1.29, 1.82) is 0 Å². The SMILES string of the molecule is FC(F)(F)c1cc(C2CCCN(Cc3ccc4ncccc4c3)C2)nc2ncnn12. The summed E-state index contributed by atoms with van der Waals surface area (Å²) in [4.78, 5) is 14.9. The number of likely N-dealkylation sites (tertiary alicyclic amines) is 1. The normalized spacial score (nSPS) is 18.3. The minimum Gasteiger partial charge on any atom is -0.298 e. The molecule has 9 heteroatoms. The van der Waals surface area contributed by atoms with Crippen LogP contribution in [0.5, 0.6) is 0 Å². The summed E-state index contributed by atoms with van der Waals surface area (Å²) in [5.41, 5.74) is 1.70. The molecule has 30 heavy (non-hydrogen) atoms. The Morgan fingerprint density at radius 1 is 1.10 bits per heavy atom. The van der Waals surface area contributed by atoms with Gasteiger partial charge in [-0.25, -0.2) is 4.98 Å². The second kappa shape index (κ2) is 7.32. The smallest absolute Gasteiger partial charge is 0.298 e. The summed E-state index contributed by atoms with van der Waals surface area (Å²) in [6.07, 6.45) is 0.0549. The number of benzene rings is 1. The van der Waals surface area contributed by atoms with E-state index < -0.39 is 11.9 Å². The van der Waals surface area contributed by atoms with Crippen molar-refractivity contribution in [3.05, 3.63) is 65.9 Å². The third kappa shape index (κ3) is 3.60. The Balaban J connectivity index is 1.40. The summed E-state index contributed by atoms with van der Waals surface area (Å²) < 4.78 is 41.3. The molecule has 1 saturated heterocycles. The van der Waals surface area contributed by atoms with Gasteiger partial charge in [-0.15, -0.1) is 0 Å². The average molecular weight is 412 g/mol. The summed E-state index contributed by atoms with van der Waals surface area (Å²) in [5, 5.41) is 4.76. The zero-order valence-electron chi connectivity index (χ0n) is 16.0. The first-order valence-electron chi connectivity index (χ1n) is 9.81. The molecule has 3 aromatic heterocycles. The van der Waals surface area contributed by atoms with Crippen LogP contribution in [0.25, 0.3) is 16.7 Å². The topological polar surface area (TPSA) is 59.2 Å². The third-order valence-corrected chi connectivity index (χ3v) is 5.56. The van der Waals surface area contributed by atoms with Crippen molar-refractivity contribution in [3.8, 4) is 0 Å².